The van der Waals surface area contributed by atoms with E-state index in [0.29, 0.717) is 0 Å². The molecule has 0 nitrogen and oxygen atoms in total. The minimum absolute atomic E-state index is 0. The van der Waals surface area contributed by atoms with Gasteiger partial charge in [-0.05, 0) is 0 Å². The molecule has 4 heteroatoms. The summed E-state index contributed by atoms with van der Waals surface area (Å²) in [5, 5.41) is 0. The van der Waals surface area contributed by atoms with Crippen molar-refractivity contribution in [3.05, 3.63) is 0 Å². The first-order valence-corrected chi connectivity index (χ1v) is 0. The fraction of sp³-hybridized carbons (Fsp3) is 0. The van der Waals surface area contributed by atoms with Gasteiger partial charge in [-0.1, -0.05) is 0 Å². The number of hydrogen-bond donors (Lipinski definition) is 0. The molecule has 0 amide bonds. The molecule has 0 radical (unpaired) electrons. The molecule has 0 spiro atoms. The SMILES string of the molecule is [Cl-].[Cl-].[MgH2].[Zn+2]. The van der Waals surface area contributed by atoms with E-state index in [1.165, 1.54) is 0 Å². The molecule has 0 saturated heterocycles. The summed E-state index contributed by atoms with van der Waals surface area (Å²) in [5.74, 6) is 0. The Balaban J connectivity index is 0. The van der Waals surface area contributed by atoms with Crippen molar-refractivity contribution in [2.24, 2.45) is 0 Å². The Bertz CT molecular complexity index is 6.00. The summed E-state index contributed by atoms with van der Waals surface area (Å²) in [5.41, 5.74) is 0. The van der Waals surface area contributed by atoms with E-state index in [1.54, 1.807) is 0 Å². The maximum atomic E-state index is 0. The zero-order valence-electron chi connectivity index (χ0n) is 1.46. The topological polar surface area (TPSA) is 0 Å². The van der Waals surface area contributed by atoms with Gasteiger partial charge in [-0.15, -0.1) is 0 Å². The first-order chi connectivity index (χ1) is 0. The van der Waals surface area contributed by atoms with Crippen LogP contribution in [-0.2, 0) is 19.5 Å². The van der Waals surface area contributed by atoms with Crippen LogP contribution in [0.3, 0.4) is 0 Å². The molecule has 0 unspecified atom stereocenters. The third-order valence-electron chi connectivity index (χ3n) is 0. The quantitative estimate of drug-likeness (QED) is 0.311. The second kappa shape index (κ2) is 20.2. The number of rotatable bonds is 0. The monoisotopic (exact) mass is 160 g/mol. The maximum Gasteiger partial charge on any atom is 2.00 e. The van der Waals surface area contributed by atoms with Crippen LogP contribution < -0.4 is 24.8 Å². The van der Waals surface area contributed by atoms with Crippen LogP contribution in [0, 0.1) is 0 Å². The van der Waals surface area contributed by atoms with Crippen molar-refractivity contribution in [2.75, 3.05) is 0 Å². The van der Waals surface area contributed by atoms with Crippen molar-refractivity contribution in [3.8, 4) is 0 Å². The molecule has 0 aliphatic rings. The molecule has 0 rings (SSSR count). The van der Waals surface area contributed by atoms with Crippen LogP contribution in [0.25, 0.3) is 0 Å². The van der Waals surface area contributed by atoms with Crippen molar-refractivity contribution in [3.63, 3.8) is 0 Å². The molecule has 0 aromatic rings. The van der Waals surface area contributed by atoms with Crippen LogP contribution in [0.2, 0.25) is 0 Å². The van der Waals surface area contributed by atoms with Crippen LogP contribution >= 0.6 is 0 Å². The van der Waals surface area contributed by atoms with Crippen LogP contribution in [0.5, 0.6) is 0 Å². The summed E-state index contributed by atoms with van der Waals surface area (Å²) in [6, 6.07) is 0. The van der Waals surface area contributed by atoms with Crippen molar-refractivity contribution >= 4 is 23.1 Å². The van der Waals surface area contributed by atoms with Crippen LogP contribution in [0.15, 0.2) is 0 Å². The van der Waals surface area contributed by atoms with Gasteiger partial charge in [-0.25, -0.2) is 0 Å². The summed E-state index contributed by atoms with van der Waals surface area (Å²) in [6.07, 6.45) is 0. The zero-order valence-corrected chi connectivity index (χ0v) is 5.94. The fourth-order valence-corrected chi connectivity index (χ4v) is 0. The molecule has 0 fully saturated rings. The van der Waals surface area contributed by atoms with E-state index < -0.39 is 0 Å². The van der Waals surface area contributed by atoms with Crippen molar-refractivity contribution in [2.45, 2.75) is 0 Å². The van der Waals surface area contributed by atoms with Gasteiger partial charge in [-0.3, -0.25) is 0 Å². The summed E-state index contributed by atoms with van der Waals surface area (Å²) in [7, 11) is 0. The molecule has 0 saturated carbocycles. The van der Waals surface area contributed by atoms with Gasteiger partial charge in [-0.2, -0.15) is 0 Å². The summed E-state index contributed by atoms with van der Waals surface area (Å²) in [6.45, 7) is 0. The zero-order chi connectivity index (χ0) is 0. The van der Waals surface area contributed by atoms with Crippen molar-refractivity contribution in [1.29, 1.82) is 0 Å². The maximum absolute atomic E-state index is 0. The van der Waals surface area contributed by atoms with E-state index in [1.807, 2.05) is 0 Å². The Hall–Kier alpha value is 1.97. The van der Waals surface area contributed by atoms with Crippen LogP contribution in [0.4, 0.5) is 0 Å². The predicted molar refractivity (Wildman–Crippen MR) is 8.54 cm³/mol. The molecule has 4 heavy (non-hydrogen) atoms. The van der Waals surface area contributed by atoms with E-state index in [4.69, 9.17) is 0 Å². The average molecular weight is 163 g/mol. The van der Waals surface area contributed by atoms with E-state index >= 15 is 0 Å². The largest absolute Gasteiger partial charge is 2.00 e. The second-order valence-electron chi connectivity index (χ2n) is 0. The molecule has 0 bridgehead atoms. The molecule has 0 atom stereocenters. The first kappa shape index (κ1) is 38.0. The Morgan fingerprint density at radius 2 is 0.750 bits per heavy atom. The average Bonchev–Trinajstić information content (AvgIpc) is 0. The minimum atomic E-state index is 0. The summed E-state index contributed by atoms with van der Waals surface area (Å²) < 4.78 is 0. The van der Waals surface area contributed by atoms with Gasteiger partial charge in [0.1, 0.15) is 0 Å². The van der Waals surface area contributed by atoms with Crippen LogP contribution in [-0.4, -0.2) is 23.1 Å². The van der Waals surface area contributed by atoms with Gasteiger partial charge in [0.25, 0.3) is 0 Å². The summed E-state index contributed by atoms with van der Waals surface area (Å²) >= 11 is 0. The molecule has 0 heterocycles. The van der Waals surface area contributed by atoms with E-state index in [2.05, 4.69) is 0 Å². The van der Waals surface area contributed by atoms with E-state index in [-0.39, 0.29) is 67.3 Å². The molecule has 0 aromatic heterocycles. The normalized spacial score (nSPS) is 0. The predicted octanol–water partition coefficient (Wildman–Crippen LogP) is -6.91. The molecule has 20 valence electrons. The van der Waals surface area contributed by atoms with Gasteiger partial charge >= 0.3 is 42.5 Å². The van der Waals surface area contributed by atoms with Gasteiger partial charge in [0.15, 0.2) is 0 Å². The van der Waals surface area contributed by atoms with Gasteiger partial charge in [0.05, 0.1) is 0 Å². The van der Waals surface area contributed by atoms with Gasteiger partial charge in [0.2, 0.25) is 0 Å². The molecule has 0 aliphatic heterocycles. The summed E-state index contributed by atoms with van der Waals surface area (Å²) in [4.78, 5) is 0. The Labute approximate surface area is 66.8 Å². The van der Waals surface area contributed by atoms with Crippen molar-refractivity contribution < 1.29 is 44.3 Å². The molecular weight excluding hydrogens is 161 g/mol. The van der Waals surface area contributed by atoms with E-state index in [9.17, 15) is 0 Å². The fourth-order valence-electron chi connectivity index (χ4n) is 0. The standard InChI is InChI=1S/2ClH.Mg.Zn.2H/h2*1H;;;;/q;;;+2;;/p-2. The Morgan fingerprint density at radius 1 is 0.750 bits per heavy atom. The van der Waals surface area contributed by atoms with Crippen molar-refractivity contribution in [1.82, 2.24) is 0 Å². The smallest absolute Gasteiger partial charge is 1.00 e. The third kappa shape index (κ3) is 9.02. The molecular formula is H2Cl2MgZn. The molecule has 0 aromatic carbocycles. The molecule has 0 N–H and O–H groups in total. The number of hydrogen-bond acceptors (Lipinski definition) is 0. The molecule has 0 aliphatic carbocycles. The number of halogens is 2. The van der Waals surface area contributed by atoms with E-state index in [0.717, 1.165) is 0 Å². The Kier molecular flexibility index (Phi) is 192. The minimum Gasteiger partial charge on any atom is -1.00 e. The van der Waals surface area contributed by atoms with Crippen LogP contribution in [0.1, 0.15) is 0 Å². The third-order valence-corrected chi connectivity index (χ3v) is 0. The van der Waals surface area contributed by atoms with Gasteiger partial charge < -0.3 is 24.8 Å². The Morgan fingerprint density at radius 3 is 0.750 bits per heavy atom. The second-order valence-corrected chi connectivity index (χ2v) is 0. The van der Waals surface area contributed by atoms with Gasteiger partial charge in [0, 0.05) is 0 Å². The first-order valence-electron chi connectivity index (χ1n) is 0.